The van der Waals surface area contributed by atoms with E-state index in [-0.39, 0.29) is 33.5 Å². The summed E-state index contributed by atoms with van der Waals surface area (Å²) in [5.74, 6) is -24.9. The molecule has 4 aromatic rings. The summed E-state index contributed by atoms with van der Waals surface area (Å²) >= 11 is 0. The first-order valence-corrected chi connectivity index (χ1v) is 14.1. The summed E-state index contributed by atoms with van der Waals surface area (Å²) in [4.78, 5) is 0. The fourth-order valence-corrected chi connectivity index (χ4v) is 4.63. The van der Waals surface area contributed by atoms with Crippen LogP contribution in [0.25, 0.3) is 5.57 Å². The maximum Gasteiger partial charge on any atom is 0.228 e. The molecule has 0 unspecified atom stereocenters. The number of hydrogen-bond donors (Lipinski definition) is 0. The maximum absolute atomic E-state index is 14.9. The minimum Gasteiger partial charge on any atom is -0.204 e. The number of hydrogen-bond acceptors (Lipinski definition) is 0. The van der Waals surface area contributed by atoms with Gasteiger partial charge in [-0.3, -0.25) is 0 Å². The van der Waals surface area contributed by atoms with E-state index in [0.717, 1.165) is 0 Å². The molecule has 12 heteroatoms. The Hall–Kier alpha value is -3.27. The van der Waals surface area contributed by atoms with Crippen molar-refractivity contribution in [2.24, 2.45) is 0 Å². The van der Waals surface area contributed by atoms with Crippen LogP contribution in [0.15, 0.2) is 60.7 Å². The van der Waals surface area contributed by atoms with Crippen molar-refractivity contribution in [3.05, 3.63) is 200 Å². The van der Waals surface area contributed by atoms with Gasteiger partial charge in [0, 0.05) is 33.3 Å². The van der Waals surface area contributed by atoms with Crippen molar-refractivity contribution in [2.45, 2.75) is 6.32 Å². The first-order chi connectivity index (χ1) is 23.0. The molecule has 0 aliphatic heterocycles. The Labute approximate surface area is 295 Å². The Morgan fingerprint density at radius 2 is 0.694 bits per heavy atom. The Balaban J connectivity index is 0.000000504. The van der Waals surface area contributed by atoms with Gasteiger partial charge in [0.05, 0.1) is 0 Å². The van der Waals surface area contributed by atoms with Crippen LogP contribution in [-0.2, 0) is 22.4 Å². The van der Waals surface area contributed by atoms with Crippen molar-refractivity contribution in [1.29, 1.82) is 0 Å². The molecule has 0 saturated heterocycles. The van der Waals surface area contributed by atoms with Crippen molar-refractivity contribution in [2.75, 3.05) is 0 Å². The third-order valence-corrected chi connectivity index (χ3v) is 6.90. The van der Waals surface area contributed by atoms with E-state index in [1.54, 1.807) is 24.3 Å². The van der Waals surface area contributed by atoms with Gasteiger partial charge in [0.1, 0.15) is 0 Å². The van der Waals surface area contributed by atoms with Crippen molar-refractivity contribution >= 4 is 23.2 Å². The summed E-state index contributed by atoms with van der Waals surface area (Å²) < 4.78 is 144. The monoisotopic (exact) mass is 848 g/mol. The van der Waals surface area contributed by atoms with Crippen molar-refractivity contribution in [3.63, 3.8) is 0 Å². The van der Waals surface area contributed by atoms with E-state index in [1.807, 2.05) is 64.2 Å². The van der Waals surface area contributed by atoms with Crippen LogP contribution in [0.3, 0.4) is 0 Å². The number of allylic oxidation sites excluding steroid dienone is 1. The van der Waals surface area contributed by atoms with Gasteiger partial charge in [0.2, 0.25) is 6.71 Å². The second-order valence-corrected chi connectivity index (χ2v) is 9.98. The van der Waals surface area contributed by atoms with Crippen LogP contribution in [0, 0.1) is 128 Å². The molecule has 0 N–H and O–H groups in total. The van der Waals surface area contributed by atoms with Crippen LogP contribution >= 0.6 is 0 Å². The van der Waals surface area contributed by atoms with Gasteiger partial charge in [-0.2, -0.15) is 0 Å². The molecule has 2 saturated carbocycles. The minimum absolute atomic E-state index is 0. The Bertz CT molecular complexity index is 1550. The summed E-state index contributed by atoms with van der Waals surface area (Å²) in [5, 5.41) is 0. The van der Waals surface area contributed by atoms with E-state index >= 15 is 0 Å². The van der Waals surface area contributed by atoms with Crippen molar-refractivity contribution < 1.29 is 66.3 Å². The van der Waals surface area contributed by atoms with Crippen LogP contribution in [0.1, 0.15) is 11.1 Å². The zero-order chi connectivity index (χ0) is 34.8. The molecule has 4 aromatic carbocycles. The largest absolute Gasteiger partial charge is 0.228 e. The maximum atomic E-state index is 14.9. The Morgan fingerprint density at radius 1 is 0.408 bits per heavy atom. The van der Waals surface area contributed by atoms with Crippen molar-refractivity contribution in [1.82, 2.24) is 0 Å². The molecule has 0 aromatic heterocycles. The molecule has 0 nitrogen and oxygen atoms in total. The van der Waals surface area contributed by atoms with Crippen LogP contribution in [0.4, 0.5) is 43.9 Å². The topological polar surface area (TPSA) is 0 Å². The third kappa shape index (κ3) is 9.92. The van der Waals surface area contributed by atoms with E-state index in [9.17, 15) is 43.9 Å². The summed E-state index contributed by atoms with van der Waals surface area (Å²) in [6.07, 6.45) is 21.9. The zero-order valence-electron chi connectivity index (χ0n) is 25.1. The predicted octanol–water partition coefficient (Wildman–Crippen LogP) is 8.66. The molecular weight excluding hydrogens is 826 g/mol. The molecule has 6 rings (SSSR count). The normalized spacial score (nSPS) is 14.0. The molecule has 0 amide bonds. The van der Waals surface area contributed by atoms with Gasteiger partial charge < -0.3 is 0 Å². The molecule has 0 bridgehead atoms. The molecule has 2 fully saturated rings. The van der Waals surface area contributed by atoms with Crippen LogP contribution in [-0.4, -0.2) is 6.71 Å². The second kappa shape index (κ2) is 19.2. The fourth-order valence-electron chi connectivity index (χ4n) is 4.63. The fraction of sp³-hybridized carbons (Fsp3) is 0.0270. The van der Waals surface area contributed by atoms with E-state index in [2.05, 4.69) is 6.08 Å². The molecule has 0 spiro atoms. The van der Waals surface area contributed by atoms with E-state index in [0.29, 0.717) is 5.56 Å². The third-order valence-electron chi connectivity index (χ3n) is 6.90. The molecule has 2 aliphatic carbocycles. The zero-order valence-corrected chi connectivity index (χ0v) is 28.3. The smallest absolute Gasteiger partial charge is 0.204 e. The van der Waals surface area contributed by atoms with Gasteiger partial charge in [-0.1, -0.05) is 48.3 Å². The molecular formula is C37H22BF10Ta-. The van der Waals surface area contributed by atoms with Gasteiger partial charge >= 0.3 is 0 Å². The molecule has 0 heterocycles. The first kappa shape index (κ1) is 40.2. The number of rotatable bonds is 6. The summed E-state index contributed by atoms with van der Waals surface area (Å²) in [6, 6.07) is 15.3. The standard InChI is InChI=1S/C27H12BF10.2C5H5.Ta/c29-18-16(19(30)23(34)26(37)22(18)33)28(17-20(31)24(35)27(38)25(36)21(17)32)12-15(14-9-5-2-6-10-14)11-13-7-3-1-4-8-13;2*1-2-4-5-3-1;/h1-10H,12H2;2*1-5H;/q-1;;;. The quantitative estimate of drug-likeness (QED) is 0.0456. The molecule has 11 radical (unpaired) electrons. The summed E-state index contributed by atoms with van der Waals surface area (Å²) in [5.41, 5.74) is -3.07. The predicted molar refractivity (Wildman–Crippen MR) is 164 cm³/mol. The van der Waals surface area contributed by atoms with Crippen LogP contribution in [0.5, 0.6) is 0 Å². The second-order valence-electron chi connectivity index (χ2n) is 9.98. The van der Waals surface area contributed by atoms with Crippen molar-refractivity contribution in [3.8, 4) is 0 Å². The van der Waals surface area contributed by atoms with Crippen LogP contribution < -0.4 is 10.9 Å². The van der Waals surface area contributed by atoms with E-state index in [4.69, 9.17) is 0 Å². The van der Waals surface area contributed by atoms with Gasteiger partial charge in [-0.15, -0.1) is 41.5 Å². The molecule has 249 valence electrons. The van der Waals surface area contributed by atoms with Gasteiger partial charge in [-0.25, -0.2) is 43.9 Å². The van der Waals surface area contributed by atoms with Gasteiger partial charge in [-0.05, 0) is 64.2 Å². The molecule has 0 atom stereocenters. The summed E-state index contributed by atoms with van der Waals surface area (Å²) in [7, 11) is 0. The average Bonchev–Trinajstić information content (AvgIpc) is 3.89. The number of halogens is 10. The Kier molecular flexibility index (Phi) is 15.7. The average molecular weight is 848 g/mol. The minimum atomic E-state index is -2.56. The number of benzene rings is 4. The van der Waals surface area contributed by atoms with Gasteiger partial charge in [0.25, 0.3) is 0 Å². The SMILES string of the molecule is Fc1c(F)c(F)c(B(CC(=[C-]c2ccccc2)c2ccccc2)c2c(F)c(F)c(F)c(F)c2F)c(F)c1F.[CH]1[CH][CH][CH][CH]1.[CH]1[CH][CH][CH][CH]1.[Ta]. The van der Waals surface area contributed by atoms with Gasteiger partial charge in [0.15, 0.2) is 58.2 Å². The Morgan fingerprint density at radius 3 is 1.02 bits per heavy atom. The van der Waals surface area contributed by atoms with Crippen LogP contribution in [0.2, 0.25) is 6.32 Å². The van der Waals surface area contributed by atoms with E-state index < -0.39 is 82.1 Å². The molecule has 2 aliphatic rings. The van der Waals surface area contributed by atoms with E-state index in [1.165, 1.54) is 36.4 Å². The first-order valence-electron chi connectivity index (χ1n) is 14.1. The summed E-state index contributed by atoms with van der Waals surface area (Å²) in [6.45, 7) is -2.56. The molecule has 49 heavy (non-hydrogen) atoms.